The summed E-state index contributed by atoms with van der Waals surface area (Å²) < 4.78 is 5.29. The zero-order chi connectivity index (χ0) is 14.4. The molecule has 1 unspecified atom stereocenters. The summed E-state index contributed by atoms with van der Waals surface area (Å²) in [6, 6.07) is 11.7. The molecule has 0 saturated carbocycles. The lowest BCUT2D eigenvalue weighted by atomic mass is 9.76. The van der Waals surface area contributed by atoms with Crippen LogP contribution in [0, 0.1) is 11.3 Å². The van der Waals surface area contributed by atoms with Crippen LogP contribution < -0.4 is 0 Å². The van der Waals surface area contributed by atoms with Crippen LogP contribution in [0.3, 0.4) is 0 Å². The van der Waals surface area contributed by atoms with E-state index >= 15 is 0 Å². The zero-order valence-electron chi connectivity index (χ0n) is 11.8. The van der Waals surface area contributed by atoms with Crippen LogP contribution in [0.4, 0.5) is 0 Å². The topological polar surface area (TPSA) is 53.3 Å². The third kappa shape index (κ3) is 2.68. The third-order valence-electron chi connectivity index (χ3n) is 3.75. The van der Waals surface area contributed by atoms with Gasteiger partial charge < -0.3 is 9.64 Å². The Bertz CT molecular complexity index is 489. The summed E-state index contributed by atoms with van der Waals surface area (Å²) >= 11 is 0. The van der Waals surface area contributed by atoms with E-state index in [1.165, 1.54) is 0 Å². The monoisotopic (exact) mass is 272 g/mol. The fourth-order valence-electron chi connectivity index (χ4n) is 2.68. The van der Waals surface area contributed by atoms with Crippen LogP contribution in [0.2, 0.25) is 0 Å². The number of rotatable bonds is 4. The molecule has 0 spiro atoms. The molecule has 1 aromatic rings. The molecule has 2 rings (SSSR count). The minimum atomic E-state index is -1.06. The number of carbonyl (C=O) groups is 1. The SMILES string of the molecule is CCCC(C#N)(C(=O)N1CCOCC1)c1ccccc1. The number of nitriles is 1. The Morgan fingerprint density at radius 3 is 2.55 bits per heavy atom. The summed E-state index contributed by atoms with van der Waals surface area (Å²) in [5.74, 6) is -0.0867. The van der Waals surface area contributed by atoms with Gasteiger partial charge in [-0.1, -0.05) is 43.7 Å². The Balaban J connectivity index is 2.36. The van der Waals surface area contributed by atoms with Gasteiger partial charge in [0.1, 0.15) is 0 Å². The van der Waals surface area contributed by atoms with Gasteiger partial charge in [0.05, 0.1) is 19.3 Å². The lowest BCUT2D eigenvalue weighted by molar-refractivity contribution is -0.139. The Morgan fingerprint density at radius 1 is 1.35 bits per heavy atom. The van der Waals surface area contributed by atoms with Crippen molar-refractivity contribution >= 4 is 5.91 Å². The van der Waals surface area contributed by atoms with Gasteiger partial charge in [0.25, 0.3) is 0 Å². The van der Waals surface area contributed by atoms with Gasteiger partial charge in [0, 0.05) is 13.1 Å². The van der Waals surface area contributed by atoms with Crippen LogP contribution >= 0.6 is 0 Å². The number of carbonyl (C=O) groups excluding carboxylic acids is 1. The third-order valence-corrected chi connectivity index (χ3v) is 3.75. The molecule has 1 fully saturated rings. The Hall–Kier alpha value is -1.86. The maximum atomic E-state index is 12.9. The molecule has 0 N–H and O–H groups in total. The van der Waals surface area contributed by atoms with Gasteiger partial charge in [0.2, 0.25) is 5.91 Å². The number of amides is 1. The average Bonchev–Trinajstić information content (AvgIpc) is 2.54. The van der Waals surface area contributed by atoms with E-state index in [9.17, 15) is 10.1 Å². The maximum absolute atomic E-state index is 12.9. The average molecular weight is 272 g/mol. The summed E-state index contributed by atoms with van der Waals surface area (Å²) in [4.78, 5) is 14.6. The Morgan fingerprint density at radius 2 is 2.00 bits per heavy atom. The minimum absolute atomic E-state index is 0.0867. The van der Waals surface area contributed by atoms with Crippen molar-refractivity contribution in [2.75, 3.05) is 26.3 Å². The van der Waals surface area contributed by atoms with Crippen LogP contribution in [0.1, 0.15) is 25.3 Å². The molecule has 1 amide bonds. The van der Waals surface area contributed by atoms with Crippen molar-refractivity contribution < 1.29 is 9.53 Å². The molecule has 1 atom stereocenters. The smallest absolute Gasteiger partial charge is 0.247 e. The minimum Gasteiger partial charge on any atom is -0.378 e. The molecule has 0 aliphatic carbocycles. The zero-order valence-corrected chi connectivity index (χ0v) is 11.8. The maximum Gasteiger partial charge on any atom is 0.247 e. The molecule has 1 heterocycles. The number of ether oxygens (including phenoxy) is 1. The highest BCUT2D eigenvalue weighted by Gasteiger charge is 2.42. The first-order valence-electron chi connectivity index (χ1n) is 7.08. The molecule has 0 bridgehead atoms. The van der Waals surface area contributed by atoms with Crippen molar-refractivity contribution in [1.82, 2.24) is 4.90 Å². The summed E-state index contributed by atoms with van der Waals surface area (Å²) in [7, 11) is 0. The van der Waals surface area contributed by atoms with Crippen molar-refractivity contribution in [2.24, 2.45) is 0 Å². The number of hydrogen-bond donors (Lipinski definition) is 0. The molecule has 4 heteroatoms. The van der Waals surface area contributed by atoms with Gasteiger partial charge in [0.15, 0.2) is 5.41 Å². The number of benzene rings is 1. The van der Waals surface area contributed by atoms with Gasteiger partial charge in [-0.15, -0.1) is 0 Å². The Labute approximate surface area is 120 Å². The fourth-order valence-corrected chi connectivity index (χ4v) is 2.68. The normalized spacial score (nSPS) is 18.1. The van der Waals surface area contributed by atoms with Crippen molar-refractivity contribution in [1.29, 1.82) is 5.26 Å². The van der Waals surface area contributed by atoms with Crippen LogP contribution in [0.25, 0.3) is 0 Å². The van der Waals surface area contributed by atoms with E-state index in [1.807, 2.05) is 37.3 Å². The molecule has 1 saturated heterocycles. The summed E-state index contributed by atoms with van der Waals surface area (Å²) in [5.41, 5.74) is -0.270. The molecule has 1 aromatic carbocycles. The van der Waals surface area contributed by atoms with E-state index in [1.54, 1.807) is 4.90 Å². The predicted molar refractivity (Wildman–Crippen MR) is 76.0 cm³/mol. The first-order chi connectivity index (χ1) is 9.74. The standard InChI is InChI=1S/C16H20N2O2/c1-2-8-16(13-17,14-6-4-3-5-7-14)15(19)18-9-11-20-12-10-18/h3-7H,2,8-12H2,1H3. The lowest BCUT2D eigenvalue weighted by Gasteiger charge is -2.34. The predicted octanol–water partition coefficient (Wildman–Crippen LogP) is 2.11. The van der Waals surface area contributed by atoms with E-state index < -0.39 is 5.41 Å². The fraction of sp³-hybridized carbons (Fsp3) is 0.500. The van der Waals surface area contributed by atoms with Crippen LogP contribution in [-0.2, 0) is 14.9 Å². The second-order valence-electron chi connectivity index (χ2n) is 5.04. The molecule has 20 heavy (non-hydrogen) atoms. The van der Waals surface area contributed by atoms with Crippen LogP contribution in [-0.4, -0.2) is 37.1 Å². The van der Waals surface area contributed by atoms with Crippen LogP contribution in [0.15, 0.2) is 30.3 Å². The van der Waals surface area contributed by atoms with Gasteiger partial charge in [-0.25, -0.2) is 0 Å². The Kier molecular flexibility index (Phi) is 4.75. The van der Waals surface area contributed by atoms with Crippen molar-refractivity contribution in [3.63, 3.8) is 0 Å². The molecule has 0 aromatic heterocycles. The number of hydrogen-bond acceptors (Lipinski definition) is 3. The summed E-state index contributed by atoms with van der Waals surface area (Å²) in [6.07, 6.45) is 1.34. The molecule has 1 aliphatic rings. The molecule has 106 valence electrons. The van der Waals surface area contributed by atoms with Gasteiger partial charge in [-0.2, -0.15) is 5.26 Å². The van der Waals surface area contributed by atoms with E-state index in [0.717, 1.165) is 12.0 Å². The molecular formula is C16H20N2O2. The second kappa shape index (κ2) is 6.53. The second-order valence-corrected chi connectivity index (χ2v) is 5.04. The summed E-state index contributed by atoms with van der Waals surface area (Å²) in [6.45, 7) is 4.24. The number of morpholine rings is 1. The van der Waals surface area contributed by atoms with Gasteiger partial charge >= 0.3 is 0 Å². The van der Waals surface area contributed by atoms with Crippen molar-refractivity contribution in [3.05, 3.63) is 35.9 Å². The van der Waals surface area contributed by atoms with Crippen molar-refractivity contribution in [2.45, 2.75) is 25.2 Å². The van der Waals surface area contributed by atoms with Gasteiger partial charge in [-0.05, 0) is 12.0 Å². The van der Waals surface area contributed by atoms with Crippen molar-refractivity contribution in [3.8, 4) is 6.07 Å². The van der Waals surface area contributed by atoms with Crippen LogP contribution in [0.5, 0.6) is 0 Å². The lowest BCUT2D eigenvalue weighted by Crippen LogP contribution is -2.50. The van der Waals surface area contributed by atoms with Gasteiger partial charge in [-0.3, -0.25) is 4.79 Å². The first kappa shape index (κ1) is 14.5. The quantitative estimate of drug-likeness (QED) is 0.843. The first-order valence-corrected chi connectivity index (χ1v) is 7.08. The highest BCUT2D eigenvalue weighted by Crippen LogP contribution is 2.31. The largest absolute Gasteiger partial charge is 0.378 e. The molecule has 1 aliphatic heterocycles. The van der Waals surface area contributed by atoms with E-state index in [4.69, 9.17) is 4.74 Å². The summed E-state index contributed by atoms with van der Waals surface area (Å²) in [5, 5.41) is 9.73. The molecule has 4 nitrogen and oxygen atoms in total. The molecular weight excluding hydrogens is 252 g/mol. The number of nitrogens with zero attached hydrogens (tertiary/aromatic N) is 2. The van der Waals surface area contributed by atoms with E-state index in [0.29, 0.717) is 32.7 Å². The van der Waals surface area contributed by atoms with E-state index in [2.05, 4.69) is 6.07 Å². The van der Waals surface area contributed by atoms with E-state index in [-0.39, 0.29) is 5.91 Å². The highest BCUT2D eigenvalue weighted by atomic mass is 16.5. The highest BCUT2D eigenvalue weighted by molar-refractivity contribution is 5.91. The molecule has 0 radical (unpaired) electrons.